The molecule has 0 unspecified atom stereocenters. The van der Waals surface area contributed by atoms with Gasteiger partial charge in [0.2, 0.25) is 0 Å². The van der Waals surface area contributed by atoms with Crippen molar-refractivity contribution in [2.45, 2.75) is 6.42 Å². The monoisotopic (exact) mass is 258 g/mol. The Morgan fingerprint density at radius 2 is 1.55 bits per heavy atom. The molecular weight excluding hydrogens is 244 g/mol. The summed E-state index contributed by atoms with van der Waals surface area (Å²) in [5.41, 5.74) is 4.67. The van der Waals surface area contributed by atoms with E-state index in [0.29, 0.717) is 0 Å². The average molecular weight is 258 g/mol. The highest BCUT2D eigenvalue weighted by atomic mass is 15.1. The second-order valence-electron chi connectivity index (χ2n) is 4.91. The molecule has 2 heteroatoms. The summed E-state index contributed by atoms with van der Waals surface area (Å²) < 4.78 is 2.24. The van der Waals surface area contributed by atoms with Gasteiger partial charge in [-0.3, -0.25) is 4.57 Å². The van der Waals surface area contributed by atoms with Crippen molar-refractivity contribution >= 4 is 6.08 Å². The van der Waals surface area contributed by atoms with E-state index < -0.39 is 0 Å². The maximum atomic E-state index is 4.84. The van der Waals surface area contributed by atoms with Crippen LogP contribution in [0.25, 0.3) is 23.2 Å². The van der Waals surface area contributed by atoms with Crippen LogP contribution in [0, 0.1) is 0 Å². The van der Waals surface area contributed by atoms with Crippen LogP contribution < -0.4 is 0 Å². The van der Waals surface area contributed by atoms with Crippen LogP contribution >= 0.6 is 0 Å². The number of hydrogen-bond donors (Lipinski definition) is 0. The highest BCUT2D eigenvalue weighted by Gasteiger charge is 2.19. The molecule has 4 rings (SSSR count). The molecule has 0 saturated carbocycles. The zero-order valence-electron chi connectivity index (χ0n) is 11.0. The molecule has 1 aliphatic rings. The van der Waals surface area contributed by atoms with E-state index in [-0.39, 0.29) is 0 Å². The number of nitrogens with zero attached hydrogens (tertiary/aromatic N) is 2. The summed E-state index contributed by atoms with van der Waals surface area (Å²) in [5.74, 6) is 1.02. The molecule has 0 fully saturated rings. The highest BCUT2D eigenvalue weighted by Crippen LogP contribution is 2.30. The Balaban J connectivity index is 1.99. The quantitative estimate of drug-likeness (QED) is 0.676. The molecule has 0 amide bonds. The molecule has 1 heterocycles. The SMILES string of the molecule is C1=Cc2c(nc(-c3ccccc3)n2-c2ccccc2)C1. The van der Waals surface area contributed by atoms with E-state index in [9.17, 15) is 0 Å². The van der Waals surface area contributed by atoms with Crippen LogP contribution in [0.5, 0.6) is 0 Å². The van der Waals surface area contributed by atoms with Crippen molar-refractivity contribution in [3.05, 3.63) is 78.1 Å². The molecule has 0 N–H and O–H groups in total. The molecule has 0 spiro atoms. The normalized spacial score (nSPS) is 12.6. The van der Waals surface area contributed by atoms with Crippen molar-refractivity contribution in [3.8, 4) is 17.1 Å². The average Bonchev–Trinajstić information content (AvgIpc) is 3.09. The van der Waals surface area contributed by atoms with Gasteiger partial charge < -0.3 is 0 Å². The van der Waals surface area contributed by atoms with Crippen LogP contribution in [0.4, 0.5) is 0 Å². The van der Waals surface area contributed by atoms with Crippen molar-refractivity contribution in [1.82, 2.24) is 9.55 Å². The number of hydrogen-bond acceptors (Lipinski definition) is 1. The van der Waals surface area contributed by atoms with Gasteiger partial charge in [-0.1, -0.05) is 54.6 Å². The Morgan fingerprint density at radius 1 is 0.850 bits per heavy atom. The molecule has 20 heavy (non-hydrogen) atoms. The summed E-state index contributed by atoms with van der Waals surface area (Å²) in [6, 6.07) is 20.8. The first-order chi connectivity index (χ1) is 9.93. The Hall–Kier alpha value is -2.61. The predicted octanol–water partition coefficient (Wildman–Crippen LogP) is 4.11. The standard InChI is InChI=1S/C18H14N2/c1-3-8-14(9-4-1)18-19-16-12-7-13-17(16)20(18)15-10-5-2-6-11-15/h1-11,13H,12H2. The summed E-state index contributed by atoms with van der Waals surface area (Å²) in [6.07, 6.45) is 5.27. The summed E-state index contributed by atoms with van der Waals surface area (Å²) in [7, 11) is 0. The molecule has 0 bridgehead atoms. The lowest BCUT2D eigenvalue weighted by molar-refractivity contribution is 1.05. The van der Waals surface area contributed by atoms with Crippen molar-refractivity contribution in [2.24, 2.45) is 0 Å². The minimum atomic E-state index is 0.926. The fourth-order valence-electron chi connectivity index (χ4n) is 2.70. The van der Waals surface area contributed by atoms with Crippen molar-refractivity contribution in [3.63, 3.8) is 0 Å². The Kier molecular flexibility index (Phi) is 2.52. The molecule has 96 valence electrons. The molecule has 2 nitrogen and oxygen atoms in total. The molecule has 2 aromatic carbocycles. The molecule has 0 aliphatic heterocycles. The lowest BCUT2D eigenvalue weighted by atomic mass is 10.2. The van der Waals surface area contributed by atoms with Crippen LogP contribution in [0.3, 0.4) is 0 Å². The topological polar surface area (TPSA) is 17.8 Å². The van der Waals surface area contributed by atoms with Crippen molar-refractivity contribution in [2.75, 3.05) is 0 Å². The first-order valence-electron chi connectivity index (χ1n) is 6.82. The van der Waals surface area contributed by atoms with E-state index in [1.807, 2.05) is 12.1 Å². The fourth-order valence-corrected chi connectivity index (χ4v) is 2.70. The van der Waals surface area contributed by atoms with Gasteiger partial charge in [-0.15, -0.1) is 0 Å². The van der Waals surface area contributed by atoms with Gasteiger partial charge in [0, 0.05) is 17.7 Å². The van der Waals surface area contributed by atoms with Gasteiger partial charge in [0.05, 0.1) is 11.4 Å². The summed E-state index contributed by atoms with van der Waals surface area (Å²) in [6.45, 7) is 0. The number of rotatable bonds is 2. The van der Waals surface area contributed by atoms with Crippen molar-refractivity contribution < 1.29 is 0 Å². The third-order valence-electron chi connectivity index (χ3n) is 3.62. The number of aromatic nitrogens is 2. The molecule has 0 radical (unpaired) electrons. The summed E-state index contributed by atoms with van der Waals surface area (Å²) in [5, 5.41) is 0. The minimum absolute atomic E-state index is 0.926. The maximum absolute atomic E-state index is 4.84. The van der Waals surface area contributed by atoms with Crippen LogP contribution in [-0.2, 0) is 6.42 Å². The molecular formula is C18H14N2. The highest BCUT2D eigenvalue weighted by molar-refractivity contribution is 5.67. The lowest BCUT2D eigenvalue weighted by Gasteiger charge is -2.10. The van der Waals surface area contributed by atoms with Crippen LogP contribution in [0.2, 0.25) is 0 Å². The van der Waals surface area contributed by atoms with Crippen LogP contribution in [0.1, 0.15) is 11.4 Å². The predicted molar refractivity (Wildman–Crippen MR) is 81.7 cm³/mol. The Bertz CT molecular complexity index is 768. The number of benzene rings is 2. The van der Waals surface area contributed by atoms with Gasteiger partial charge in [0.25, 0.3) is 0 Å². The van der Waals surface area contributed by atoms with E-state index in [4.69, 9.17) is 4.98 Å². The Labute approximate surface area is 118 Å². The van der Waals surface area contributed by atoms with Crippen LogP contribution in [0.15, 0.2) is 66.7 Å². The van der Waals surface area contributed by atoms with Crippen LogP contribution in [-0.4, -0.2) is 9.55 Å². The van der Waals surface area contributed by atoms with Gasteiger partial charge in [-0.05, 0) is 18.2 Å². The number of imidazole rings is 1. The largest absolute Gasteiger partial charge is 0.293 e. The first-order valence-corrected chi connectivity index (χ1v) is 6.82. The van der Waals surface area contributed by atoms with E-state index in [1.54, 1.807) is 0 Å². The zero-order chi connectivity index (χ0) is 13.4. The number of allylic oxidation sites excluding steroid dienone is 1. The fraction of sp³-hybridized carbons (Fsp3) is 0.0556. The third kappa shape index (κ3) is 1.69. The second kappa shape index (κ2) is 4.49. The molecule has 0 saturated heterocycles. The lowest BCUT2D eigenvalue weighted by Crippen LogP contribution is -1.99. The first kappa shape index (κ1) is 11.2. The third-order valence-corrected chi connectivity index (χ3v) is 3.62. The smallest absolute Gasteiger partial charge is 0.145 e. The molecule has 1 aliphatic carbocycles. The van der Waals surface area contributed by atoms with E-state index in [2.05, 4.69) is 65.3 Å². The van der Waals surface area contributed by atoms with Gasteiger partial charge in [0.15, 0.2) is 0 Å². The Morgan fingerprint density at radius 3 is 2.30 bits per heavy atom. The van der Waals surface area contributed by atoms with E-state index >= 15 is 0 Å². The number of fused-ring (bicyclic) bond motifs is 1. The zero-order valence-corrected chi connectivity index (χ0v) is 11.0. The maximum Gasteiger partial charge on any atom is 0.145 e. The van der Waals surface area contributed by atoms with E-state index in [1.165, 1.54) is 5.69 Å². The molecule has 0 atom stereocenters. The molecule has 1 aromatic heterocycles. The minimum Gasteiger partial charge on any atom is -0.293 e. The van der Waals surface area contributed by atoms with Crippen molar-refractivity contribution in [1.29, 1.82) is 0 Å². The second-order valence-corrected chi connectivity index (χ2v) is 4.91. The van der Waals surface area contributed by atoms with E-state index in [0.717, 1.165) is 29.2 Å². The summed E-state index contributed by atoms with van der Waals surface area (Å²) >= 11 is 0. The van der Waals surface area contributed by atoms with Gasteiger partial charge >= 0.3 is 0 Å². The number of para-hydroxylation sites is 1. The molecule has 3 aromatic rings. The van der Waals surface area contributed by atoms with Gasteiger partial charge in [-0.25, -0.2) is 4.98 Å². The van der Waals surface area contributed by atoms with Gasteiger partial charge in [0.1, 0.15) is 5.82 Å². The van der Waals surface area contributed by atoms with Gasteiger partial charge in [-0.2, -0.15) is 0 Å². The summed E-state index contributed by atoms with van der Waals surface area (Å²) in [4.78, 5) is 4.84.